The van der Waals surface area contributed by atoms with Crippen molar-refractivity contribution in [2.24, 2.45) is 0 Å². The number of carboxylic acids is 1. The van der Waals surface area contributed by atoms with Crippen LogP contribution in [0.2, 0.25) is 0 Å². The summed E-state index contributed by atoms with van der Waals surface area (Å²) in [6.07, 6.45) is -2.98. The molecule has 1 saturated heterocycles. The number of hydrogen-bond donors (Lipinski definition) is 4. The van der Waals surface area contributed by atoms with Gasteiger partial charge < -0.3 is 39.4 Å². The van der Waals surface area contributed by atoms with Gasteiger partial charge in [-0.25, -0.2) is 4.79 Å². The zero-order valence-corrected chi connectivity index (χ0v) is 17.4. The molecule has 4 N–H and O–H groups in total. The Morgan fingerprint density at radius 3 is 2.35 bits per heavy atom. The molecule has 0 amide bonds. The van der Waals surface area contributed by atoms with E-state index in [0.29, 0.717) is 18.1 Å². The number of methoxy groups -OCH3 is 2. The van der Waals surface area contributed by atoms with Crippen LogP contribution in [0.3, 0.4) is 0 Å². The molecule has 0 aromatic heterocycles. The minimum Gasteiger partial charge on any atom is -0.497 e. The van der Waals surface area contributed by atoms with E-state index in [4.69, 9.17) is 29.2 Å². The number of hydrogen-bond acceptors (Lipinski definition) is 8. The van der Waals surface area contributed by atoms with Gasteiger partial charge in [-0.2, -0.15) is 0 Å². The molecule has 4 atom stereocenters. The molecule has 1 fully saturated rings. The summed E-state index contributed by atoms with van der Waals surface area (Å²) in [7, 11) is 2.94. The second-order valence-corrected chi connectivity index (χ2v) is 6.79. The van der Waals surface area contributed by atoms with E-state index in [1.165, 1.54) is 26.4 Å². The highest BCUT2D eigenvalue weighted by Crippen LogP contribution is 2.24. The van der Waals surface area contributed by atoms with E-state index in [2.05, 4.69) is 0 Å². The topological polar surface area (TPSA) is 135 Å². The highest BCUT2D eigenvalue weighted by atomic mass is 16.7. The number of carboxylic acid groups (broad SMARTS) is 1. The monoisotopic (exact) mass is 436 g/mol. The lowest BCUT2D eigenvalue weighted by molar-refractivity contribution is -0.248. The molecule has 0 radical (unpaired) electrons. The Morgan fingerprint density at radius 1 is 1.10 bits per heavy atom. The summed E-state index contributed by atoms with van der Waals surface area (Å²) in [6.45, 7) is 0.0607. The lowest BCUT2D eigenvalue weighted by Crippen LogP contribution is -2.50. The van der Waals surface area contributed by atoms with Gasteiger partial charge in [0.1, 0.15) is 30.3 Å². The van der Waals surface area contributed by atoms with Gasteiger partial charge in [-0.05, 0) is 17.7 Å². The third kappa shape index (κ3) is 7.50. The molecule has 0 aliphatic carbocycles. The van der Waals surface area contributed by atoms with Crippen molar-refractivity contribution >= 4 is 5.97 Å². The van der Waals surface area contributed by atoms with Gasteiger partial charge in [0.05, 0.1) is 25.4 Å². The standard InChI is InChI=1S/C15H14O4.C7H14O5/c1-18-13-7-12(15(16)17)8-14(9-13)19-10-11-5-3-2-4-6-11;1-11-6-2-4(9)7(10)5(3-8)12-6/h2-9H,10H2,1H3,(H,16,17);4-10H,2-3H2,1H3/t;4?,5?,6-,7-/m.0/s1. The predicted molar refractivity (Wildman–Crippen MR) is 110 cm³/mol. The van der Waals surface area contributed by atoms with Crippen LogP contribution in [0.25, 0.3) is 0 Å². The quantitative estimate of drug-likeness (QED) is 0.508. The Balaban J connectivity index is 0.000000245. The Kier molecular flexibility index (Phi) is 9.70. The van der Waals surface area contributed by atoms with E-state index in [-0.39, 0.29) is 18.6 Å². The van der Waals surface area contributed by atoms with Crippen molar-refractivity contribution in [3.63, 3.8) is 0 Å². The van der Waals surface area contributed by atoms with E-state index in [1.807, 2.05) is 30.3 Å². The van der Waals surface area contributed by atoms with Crippen molar-refractivity contribution in [2.45, 2.75) is 37.6 Å². The summed E-state index contributed by atoms with van der Waals surface area (Å²) in [4.78, 5) is 11.0. The Morgan fingerprint density at radius 2 is 1.77 bits per heavy atom. The largest absolute Gasteiger partial charge is 0.497 e. The fraction of sp³-hybridized carbons (Fsp3) is 0.409. The maximum absolute atomic E-state index is 11.0. The van der Waals surface area contributed by atoms with Crippen LogP contribution < -0.4 is 9.47 Å². The van der Waals surface area contributed by atoms with Gasteiger partial charge in [0.25, 0.3) is 0 Å². The number of aliphatic hydroxyl groups is 3. The zero-order valence-electron chi connectivity index (χ0n) is 17.4. The summed E-state index contributed by atoms with van der Waals surface area (Å²) < 4.78 is 20.6. The zero-order chi connectivity index (χ0) is 22.8. The van der Waals surface area contributed by atoms with E-state index in [1.54, 1.807) is 6.07 Å². The maximum atomic E-state index is 11.0. The van der Waals surface area contributed by atoms with Crippen LogP contribution in [-0.4, -0.2) is 71.8 Å². The molecule has 1 heterocycles. The van der Waals surface area contributed by atoms with Crippen molar-refractivity contribution in [3.05, 3.63) is 59.7 Å². The molecule has 1 aliphatic heterocycles. The van der Waals surface area contributed by atoms with Crippen molar-refractivity contribution < 1.29 is 44.2 Å². The highest BCUT2D eigenvalue weighted by molar-refractivity contribution is 5.88. The fourth-order valence-corrected chi connectivity index (χ4v) is 2.86. The average molecular weight is 436 g/mol. The number of benzene rings is 2. The van der Waals surface area contributed by atoms with E-state index in [9.17, 15) is 15.0 Å². The van der Waals surface area contributed by atoms with Gasteiger partial charge in [-0.3, -0.25) is 0 Å². The first-order valence-corrected chi connectivity index (χ1v) is 9.62. The van der Waals surface area contributed by atoms with Gasteiger partial charge in [0.15, 0.2) is 6.29 Å². The molecule has 31 heavy (non-hydrogen) atoms. The molecule has 2 unspecified atom stereocenters. The van der Waals surface area contributed by atoms with Crippen LogP contribution in [0, 0.1) is 0 Å². The lowest BCUT2D eigenvalue weighted by atomic mass is 10.0. The summed E-state index contributed by atoms with van der Waals surface area (Å²) in [5.74, 6) is -0.0768. The molecule has 2 aromatic carbocycles. The summed E-state index contributed by atoms with van der Waals surface area (Å²) in [6, 6.07) is 14.3. The van der Waals surface area contributed by atoms with Crippen LogP contribution in [-0.2, 0) is 16.1 Å². The van der Waals surface area contributed by atoms with Gasteiger partial charge in [-0.1, -0.05) is 30.3 Å². The summed E-state index contributed by atoms with van der Waals surface area (Å²) in [5, 5.41) is 36.3. The van der Waals surface area contributed by atoms with Crippen molar-refractivity contribution in [1.29, 1.82) is 0 Å². The number of ether oxygens (including phenoxy) is 4. The predicted octanol–water partition coefficient (Wildman–Crippen LogP) is 1.43. The number of rotatable bonds is 7. The number of aliphatic hydroxyl groups excluding tert-OH is 3. The second kappa shape index (κ2) is 12.2. The van der Waals surface area contributed by atoms with Crippen LogP contribution in [0.1, 0.15) is 22.3 Å². The molecular formula is C22H28O9. The first kappa shape index (κ1) is 24.6. The van der Waals surface area contributed by atoms with Gasteiger partial charge in [0.2, 0.25) is 0 Å². The maximum Gasteiger partial charge on any atom is 0.335 e. The summed E-state index contributed by atoms with van der Waals surface area (Å²) >= 11 is 0. The molecule has 3 rings (SSSR count). The Bertz CT molecular complexity index is 812. The normalized spacial score (nSPS) is 22.7. The first-order valence-electron chi connectivity index (χ1n) is 9.62. The van der Waals surface area contributed by atoms with Crippen LogP contribution in [0.5, 0.6) is 11.5 Å². The van der Waals surface area contributed by atoms with E-state index < -0.39 is 30.6 Å². The highest BCUT2D eigenvalue weighted by Gasteiger charge is 2.36. The number of aromatic carboxylic acids is 1. The van der Waals surface area contributed by atoms with E-state index >= 15 is 0 Å². The van der Waals surface area contributed by atoms with Crippen LogP contribution in [0.15, 0.2) is 48.5 Å². The van der Waals surface area contributed by atoms with Crippen molar-refractivity contribution in [2.75, 3.05) is 20.8 Å². The van der Waals surface area contributed by atoms with Crippen LogP contribution >= 0.6 is 0 Å². The molecular weight excluding hydrogens is 408 g/mol. The number of carbonyl (C=O) groups is 1. The van der Waals surface area contributed by atoms with Gasteiger partial charge in [-0.15, -0.1) is 0 Å². The Labute approximate surface area is 180 Å². The fourth-order valence-electron chi connectivity index (χ4n) is 2.86. The molecule has 2 aromatic rings. The molecule has 0 spiro atoms. The molecule has 170 valence electrons. The first-order chi connectivity index (χ1) is 14.9. The van der Waals surface area contributed by atoms with Gasteiger partial charge in [0, 0.05) is 19.6 Å². The molecule has 9 nitrogen and oxygen atoms in total. The average Bonchev–Trinajstić information content (AvgIpc) is 2.80. The molecule has 0 bridgehead atoms. The molecule has 0 saturated carbocycles. The smallest absolute Gasteiger partial charge is 0.335 e. The minimum absolute atomic E-state index is 0.141. The minimum atomic E-state index is -1.03. The summed E-state index contributed by atoms with van der Waals surface area (Å²) in [5.41, 5.74) is 1.16. The SMILES string of the molecule is CO[C@@H]1CC(O)[C@H](O)C(CO)O1.COc1cc(OCc2ccccc2)cc(C(=O)O)c1. The molecule has 1 aliphatic rings. The molecule has 9 heteroatoms. The third-order valence-corrected chi connectivity index (χ3v) is 4.59. The second-order valence-electron chi connectivity index (χ2n) is 6.79. The third-order valence-electron chi connectivity index (χ3n) is 4.59. The lowest BCUT2D eigenvalue weighted by Gasteiger charge is -2.35. The van der Waals surface area contributed by atoms with Gasteiger partial charge >= 0.3 is 5.97 Å². The van der Waals surface area contributed by atoms with Crippen molar-refractivity contribution in [1.82, 2.24) is 0 Å². The Hall–Kier alpha value is -2.69. The van der Waals surface area contributed by atoms with Crippen molar-refractivity contribution in [3.8, 4) is 11.5 Å². The van der Waals surface area contributed by atoms with E-state index in [0.717, 1.165) is 5.56 Å². The van der Waals surface area contributed by atoms with Crippen LogP contribution in [0.4, 0.5) is 0 Å².